The number of carbonyl (C=O) groups excluding carboxylic acids is 1. The maximum absolute atomic E-state index is 12.4. The topological polar surface area (TPSA) is 86.9 Å². The molecule has 6 nitrogen and oxygen atoms in total. The molecule has 3 heterocycles. The highest BCUT2D eigenvalue weighted by Gasteiger charge is 2.21. The number of aromatic nitrogens is 2. The highest BCUT2D eigenvalue weighted by atomic mass is 32.2. The van der Waals surface area contributed by atoms with Crippen LogP contribution in [0.5, 0.6) is 0 Å². The third kappa shape index (κ3) is 3.97. The fourth-order valence-corrected chi connectivity index (χ4v) is 5.81. The number of hydrogen-bond donors (Lipinski definition) is 3. The minimum absolute atomic E-state index is 0.00691. The molecular weight excluding hydrogens is 368 g/mol. The number of rotatable bonds is 6. The van der Waals surface area contributed by atoms with Gasteiger partial charge in [-0.1, -0.05) is 0 Å². The molecule has 0 aromatic carbocycles. The number of thioether (sulfide) groups is 1. The summed E-state index contributed by atoms with van der Waals surface area (Å²) < 4.78 is 0. The maximum atomic E-state index is 12.4. The summed E-state index contributed by atoms with van der Waals surface area (Å²) >= 11 is 3.31. The van der Waals surface area contributed by atoms with Gasteiger partial charge in [0.05, 0.1) is 11.1 Å². The summed E-state index contributed by atoms with van der Waals surface area (Å²) in [6, 6.07) is 0.266. The lowest BCUT2D eigenvalue weighted by Gasteiger charge is -2.23. The Morgan fingerprint density at radius 1 is 1.35 bits per heavy atom. The van der Waals surface area contributed by atoms with Crippen LogP contribution >= 0.6 is 23.1 Å². The van der Waals surface area contributed by atoms with Crippen molar-refractivity contribution in [3.8, 4) is 0 Å². The van der Waals surface area contributed by atoms with Crippen molar-refractivity contribution < 1.29 is 4.79 Å². The van der Waals surface area contributed by atoms with E-state index in [-0.39, 0.29) is 17.5 Å². The summed E-state index contributed by atoms with van der Waals surface area (Å²) in [4.78, 5) is 34.2. The van der Waals surface area contributed by atoms with Crippen molar-refractivity contribution in [3.05, 3.63) is 26.6 Å². The molecule has 3 N–H and O–H groups in total. The van der Waals surface area contributed by atoms with Crippen molar-refractivity contribution in [2.45, 2.75) is 50.3 Å². The molecule has 140 valence electrons. The van der Waals surface area contributed by atoms with Crippen molar-refractivity contribution in [2.24, 2.45) is 0 Å². The van der Waals surface area contributed by atoms with Crippen LogP contribution in [-0.2, 0) is 23.4 Å². The average molecular weight is 393 g/mol. The van der Waals surface area contributed by atoms with E-state index >= 15 is 0 Å². The molecule has 2 aromatic heterocycles. The molecule has 1 atom stereocenters. The van der Waals surface area contributed by atoms with E-state index in [0.717, 1.165) is 61.2 Å². The van der Waals surface area contributed by atoms with Gasteiger partial charge in [0.25, 0.3) is 5.56 Å². The van der Waals surface area contributed by atoms with Gasteiger partial charge >= 0.3 is 0 Å². The highest BCUT2D eigenvalue weighted by Crippen LogP contribution is 2.34. The number of carbonyl (C=O) groups is 1. The fraction of sp³-hybridized carbons (Fsp3) is 0.611. The molecule has 0 unspecified atom stereocenters. The van der Waals surface area contributed by atoms with Gasteiger partial charge in [0, 0.05) is 29.6 Å². The van der Waals surface area contributed by atoms with E-state index in [0.29, 0.717) is 18.0 Å². The van der Waals surface area contributed by atoms with E-state index in [1.54, 1.807) is 23.1 Å². The van der Waals surface area contributed by atoms with E-state index in [2.05, 4.69) is 20.6 Å². The number of amides is 1. The van der Waals surface area contributed by atoms with Crippen molar-refractivity contribution in [2.75, 3.05) is 18.8 Å². The molecule has 2 aliphatic rings. The van der Waals surface area contributed by atoms with Gasteiger partial charge in [0.15, 0.2) is 0 Å². The minimum Gasteiger partial charge on any atom is -0.352 e. The Hall–Kier alpha value is -1.38. The van der Waals surface area contributed by atoms with Crippen molar-refractivity contribution >= 4 is 39.2 Å². The quantitative estimate of drug-likeness (QED) is 0.654. The molecule has 1 saturated heterocycles. The minimum atomic E-state index is -0.00691. The zero-order chi connectivity index (χ0) is 17.9. The van der Waals surface area contributed by atoms with Gasteiger partial charge in [-0.2, -0.15) is 11.8 Å². The average Bonchev–Trinajstić information content (AvgIpc) is 3.20. The standard InChI is InChI=1S/C18H24N4O2S2/c23-15(20-11-3-2-7-19-9-11)6-8-25-10-14-21-17(24)16-12-4-1-5-13(12)26-18(16)22-14/h11,19H,1-10H2,(H,20,23)(H,21,22,24)/t11-/m0/s1. The molecule has 4 rings (SSSR count). The van der Waals surface area contributed by atoms with E-state index in [9.17, 15) is 9.59 Å². The molecule has 1 fully saturated rings. The molecule has 0 saturated carbocycles. The summed E-state index contributed by atoms with van der Waals surface area (Å²) in [5.74, 6) is 2.18. The van der Waals surface area contributed by atoms with Gasteiger partial charge in [-0.3, -0.25) is 9.59 Å². The molecule has 0 radical (unpaired) electrons. The first-order chi connectivity index (χ1) is 12.7. The van der Waals surface area contributed by atoms with Crippen molar-refractivity contribution in [1.82, 2.24) is 20.6 Å². The highest BCUT2D eigenvalue weighted by molar-refractivity contribution is 7.98. The Bertz CT molecular complexity index is 855. The van der Waals surface area contributed by atoms with Crippen LogP contribution in [0.1, 0.15) is 41.9 Å². The second-order valence-corrected chi connectivity index (χ2v) is 9.15. The maximum Gasteiger partial charge on any atom is 0.259 e. The number of aromatic amines is 1. The molecule has 26 heavy (non-hydrogen) atoms. The summed E-state index contributed by atoms with van der Waals surface area (Å²) in [5, 5.41) is 7.19. The zero-order valence-corrected chi connectivity index (χ0v) is 16.4. The van der Waals surface area contributed by atoms with Crippen molar-refractivity contribution in [3.63, 3.8) is 0 Å². The van der Waals surface area contributed by atoms with Crippen LogP contribution in [0.2, 0.25) is 0 Å². The van der Waals surface area contributed by atoms with E-state index in [1.807, 2.05) is 0 Å². The van der Waals surface area contributed by atoms with Crippen LogP contribution in [0.3, 0.4) is 0 Å². The van der Waals surface area contributed by atoms with Crippen LogP contribution in [0.25, 0.3) is 10.2 Å². The zero-order valence-electron chi connectivity index (χ0n) is 14.7. The third-order valence-corrected chi connectivity index (χ3v) is 7.15. The van der Waals surface area contributed by atoms with Gasteiger partial charge in [-0.05, 0) is 44.2 Å². The smallest absolute Gasteiger partial charge is 0.259 e. The van der Waals surface area contributed by atoms with Crippen LogP contribution in [0.15, 0.2) is 4.79 Å². The predicted molar refractivity (Wildman–Crippen MR) is 107 cm³/mol. The number of nitrogens with one attached hydrogen (secondary N) is 3. The van der Waals surface area contributed by atoms with Crippen LogP contribution in [-0.4, -0.2) is 40.8 Å². The summed E-state index contributed by atoms with van der Waals surface area (Å²) in [6.07, 6.45) is 5.90. The number of nitrogens with zero attached hydrogens (tertiary/aromatic N) is 1. The Labute approximate surface area is 160 Å². The second-order valence-electron chi connectivity index (χ2n) is 6.96. The Morgan fingerprint density at radius 2 is 2.27 bits per heavy atom. The second kappa shape index (κ2) is 8.10. The fourth-order valence-electron chi connectivity index (χ4n) is 3.72. The predicted octanol–water partition coefficient (Wildman–Crippen LogP) is 1.96. The van der Waals surface area contributed by atoms with Crippen LogP contribution in [0, 0.1) is 0 Å². The molecule has 2 aromatic rings. The normalized spacial score (nSPS) is 19.6. The summed E-state index contributed by atoms with van der Waals surface area (Å²) in [7, 11) is 0. The molecule has 1 aliphatic heterocycles. The van der Waals surface area contributed by atoms with E-state index in [4.69, 9.17) is 0 Å². The molecule has 0 bridgehead atoms. The Kier molecular flexibility index (Phi) is 5.61. The van der Waals surface area contributed by atoms with Crippen molar-refractivity contribution in [1.29, 1.82) is 0 Å². The van der Waals surface area contributed by atoms with Gasteiger partial charge in [0.2, 0.25) is 5.91 Å². The molecule has 8 heteroatoms. The Balaban J connectivity index is 1.28. The molecule has 1 aliphatic carbocycles. The van der Waals surface area contributed by atoms with Gasteiger partial charge in [-0.15, -0.1) is 11.3 Å². The first kappa shape index (κ1) is 18.0. The number of H-pyrrole nitrogens is 1. The number of thiophene rings is 1. The van der Waals surface area contributed by atoms with Crippen LogP contribution < -0.4 is 16.2 Å². The number of fused-ring (bicyclic) bond motifs is 3. The number of aryl methyl sites for hydroxylation is 2. The van der Waals surface area contributed by atoms with Gasteiger partial charge in [-0.25, -0.2) is 4.98 Å². The van der Waals surface area contributed by atoms with E-state index in [1.165, 1.54) is 10.4 Å². The number of piperidine rings is 1. The van der Waals surface area contributed by atoms with Crippen LogP contribution in [0.4, 0.5) is 0 Å². The third-order valence-electron chi connectivity index (χ3n) is 5.00. The SMILES string of the molecule is O=C(CCSCc1nc2sc3c(c2c(=O)[nH]1)CCC3)N[C@H]1CCCNC1. The lowest BCUT2D eigenvalue weighted by atomic mass is 10.1. The lowest BCUT2D eigenvalue weighted by molar-refractivity contribution is -0.121. The largest absolute Gasteiger partial charge is 0.352 e. The lowest BCUT2D eigenvalue weighted by Crippen LogP contribution is -2.45. The molecular formula is C18H24N4O2S2. The Morgan fingerprint density at radius 3 is 3.12 bits per heavy atom. The van der Waals surface area contributed by atoms with E-state index < -0.39 is 0 Å². The van der Waals surface area contributed by atoms with Gasteiger partial charge in [0.1, 0.15) is 10.7 Å². The van der Waals surface area contributed by atoms with Gasteiger partial charge < -0.3 is 15.6 Å². The monoisotopic (exact) mass is 392 g/mol. The first-order valence-corrected chi connectivity index (χ1v) is 11.3. The summed E-state index contributed by atoms with van der Waals surface area (Å²) in [5.41, 5.74) is 1.21. The first-order valence-electron chi connectivity index (χ1n) is 9.32. The summed E-state index contributed by atoms with van der Waals surface area (Å²) in [6.45, 7) is 1.92. The molecule has 1 amide bonds. The molecule has 0 spiro atoms. The number of hydrogen-bond acceptors (Lipinski definition) is 6.